The zero-order valence-electron chi connectivity index (χ0n) is 14.2. The minimum Gasteiger partial charge on any atom is -0.376 e. The van der Waals surface area contributed by atoms with E-state index in [4.69, 9.17) is 4.74 Å². The maximum atomic E-state index is 5.99. The number of fused-ring (bicyclic) bond motifs is 1. The third kappa shape index (κ3) is 3.78. The van der Waals surface area contributed by atoms with E-state index in [1.54, 1.807) is 17.5 Å². The van der Waals surface area contributed by atoms with Crippen LogP contribution < -0.4 is 0 Å². The standard InChI is InChI=1S/C18H21N5OS/c1-22-18-16(12-24-11-14-3-2-5-19-7-14)9-23(10-17(18)20-21-22)8-15-4-6-25-13-15/h2-7,13,16H,8-12H2,1H3. The molecule has 1 aliphatic rings. The fraction of sp³-hybridized carbons (Fsp3) is 0.389. The van der Waals surface area contributed by atoms with Gasteiger partial charge in [-0.15, -0.1) is 5.10 Å². The smallest absolute Gasteiger partial charge is 0.100 e. The zero-order chi connectivity index (χ0) is 17.1. The molecule has 1 unspecified atom stereocenters. The number of hydrogen-bond acceptors (Lipinski definition) is 6. The van der Waals surface area contributed by atoms with Crippen LogP contribution in [0.4, 0.5) is 0 Å². The quantitative estimate of drug-likeness (QED) is 0.680. The van der Waals surface area contributed by atoms with Crippen LogP contribution in [0.5, 0.6) is 0 Å². The molecule has 1 aliphatic heterocycles. The van der Waals surface area contributed by atoms with Crippen LogP contribution >= 0.6 is 11.3 Å². The summed E-state index contributed by atoms with van der Waals surface area (Å²) in [5, 5.41) is 12.9. The van der Waals surface area contributed by atoms with Crippen molar-refractivity contribution in [3.05, 3.63) is 63.9 Å². The fourth-order valence-corrected chi connectivity index (χ4v) is 4.05. The molecule has 0 N–H and O–H groups in total. The molecule has 130 valence electrons. The van der Waals surface area contributed by atoms with Crippen molar-refractivity contribution in [1.29, 1.82) is 0 Å². The monoisotopic (exact) mass is 355 g/mol. The van der Waals surface area contributed by atoms with E-state index in [0.717, 1.165) is 30.9 Å². The Bertz CT molecular complexity index is 802. The Morgan fingerprint density at radius 2 is 2.28 bits per heavy atom. The molecule has 4 rings (SSSR count). The molecule has 1 atom stereocenters. The number of nitrogens with zero attached hydrogens (tertiary/aromatic N) is 5. The average molecular weight is 355 g/mol. The molecule has 0 saturated heterocycles. The number of aromatic nitrogens is 4. The van der Waals surface area contributed by atoms with Gasteiger partial charge in [0.2, 0.25) is 0 Å². The van der Waals surface area contributed by atoms with Gasteiger partial charge < -0.3 is 4.74 Å². The second-order valence-electron chi connectivity index (χ2n) is 6.42. The zero-order valence-corrected chi connectivity index (χ0v) is 15.0. The van der Waals surface area contributed by atoms with Gasteiger partial charge in [-0.25, -0.2) is 0 Å². The highest BCUT2D eigenvalue weighted by Crippen LogP contribution is 2.28. The van der Waals surface area contributed by atoms with Gasteiger partial charge in [0.05, 0.1) is 18.9 Å². The Kier molecular flexibility index (Phi) is 4.87. The first-order valence-corrected chi connectivity index (χ1v) is 9.32. The van der Waals surface area contributed by atoms with E-state index >= 15 is 0 Å². The maximum absolute atomic E-state index is 5.99. The first-order valence-electron chi connectivity index (χ1n) is 8.38. The van der Waals surface area contributed by atoms with Crippen LogP contribution in [-0.2, 0) is 31.5 Å². The van der Waals surface area contributed by atoms with Crippen molar-refractivity contribution in [3.63, 3.8) is 0 Å². The minimum atomic E-state index is 0.277. The molecule has 0 radical (unpaired) electrons. The van der Waals surface area contributed by atoms with E-state index in [-0.39, 0.29) is 5.92 Å². The van der Waals surface area contributed by atoms with Crippen molar-refractivity contribution in [2.45, 2.75) is 25.6 Å². The van der Waals surface area contributed by atoms with E-state index in [1.807, 2.05) is 30.1 Å². The fourth-order valence-electron chi connectivity index (χ4n) is 3.39. The van der Waals surface area contributed by atoms with E-state index in [2.05, 4.69) is 37.0 Å². The van der Waals surface area contributed by atoms with Gasteiger partial charge in [0.1, 0.15) is 5.69 Å². The third-order valence-electron chi connectivity index (χ3n) is 4.48. The third-order valence-corrected chi connectivity index (χ3v) is 5.21. The van der Waals surface area contributed by atoms with Crippen molar-refractivity contribution >= 4 is 11.3 Å². The average Bonchev–Trinajstić information content (AvgIpc) is 3.26. The lowest BCUT2D eigenvalue weighted by molar-refractivity contribution is 0.0828. The van der Waals surface area contributed by atoms with Crippen molar-refractivity contribution in [2.24, 2.45) is 7.05 Å². The molecule has 0 amide bonds. The summed E-state index contributed by atoms with van der Waals surface area (Å²) >= 11 is 1.74. The topological polar surface area (TPSA) is 56.1 Å². The van der Waals surface area contributed by atoms with Gasteiger partial charge in [-0.2, -0.15) is 11.3 Å². The number of pyridine rings is 1. The molecule has 25 heavy (non-hydrogen) atoms. The summed E-state index contributed by atoms with van der Waals surface area (Å²) in [6.07, 6.45) is 3.63. The van der Waals surface area contributed by atoms with E-state index in [9.17, 15) is 0 Å². The largest absolute Gasteiger partial charge is 0.376 e. The second kappa shape index (κ2) is 7.43. The summed E-state index contributed by atoms with van der Waals surface area (Å²) < 4.78 is 7.89. The molecule has 3 aromatic rings. The molecule has 4 heterocycles. The normalized spacial score (nSPS) is 17.6. The molecule has 7 heteroatoms. The Morgan fingerprint density at radius 3 is 3.08 bits per heavy atom. The van der Waals surface area contributed by atoms with Crippen LogP contribution in [-0.4, -0.2) is 38.0 Å². The highest BCUT2D eigenvalue weighted by Gasteiger charge is 2.30. The molecule has 6 nitrogen and oxygen atoms in total. The van der Waals surface area contributed by atoms with Gasteiger partial charge >= 0.3 is 0 Å². The SMILES string of the molecule is Cn1nnc2c1C(COCc1cccnc1)CN(Cc1ccsc1)C2. The van der Waals surface area contributed by atoms with Crippen molar-refractivity contribution < 1.29 is 4.74 Å². The number of hydrogen-bond donors (Lipinski definition) is 0. The summed E-state index contributed by atoms with van der Waals surface area (Å²) in [5.74, 6) is 0.277. The highest BCUT2D eigenvalue weighted by molar-refractivity contribution is 7.07. The minimum absolute atomic E-state index is 0.277. The van der Waals surface area contributed by atoms with Crippen LogP contribution in [0.15, 0.2) is 41.4 Å². The number of aryl methyl sites for hydroxylation is 1. The number of thiophene rings is 1. The lowest BCUT2D eigenvalue weighted by Gasteiger charge is -2.31. The van der Waals surface area contributed by atoms with Gasteiger partial charge in [-0.3, -0.25) is 14.6 Å². The summed E-state index contributed by atoms with van der Waals surface area (Å²) in [5.41, 5.74) is 4.72. The highest BCUT2D eigenvalue weighted by atomic mass is 32.1. The summed E-state index contributed by atoms with van der Waals surface area (Å²) in [4.78, 5) is 6.56. The Hall–Kier alpha value is -2.09. The van der Waals surface area contributed by atoms with Crippen LogP contribution in [0.1, 0.15) is 28.4 Å². The predicted molar refractivity (Wildman–Crippen MR) is 96.1 cm³/mol. The van der Waals surface area contributed by atoms with Gasteiger partial charge in [0.25, 0.3) is 0 Å². The maximum Gasteiger partial charge on any atom is 0.100 e. The summed E-state index contributed by atoms with van der Waals surface area (Å²) in [6.45, 7) is 3.98. The van der Waals surface area contributed by atoms with Crippen LogP contribution in [0.2, 0.25) is 0 Å². The molecule has 0 aliphatic carbocycles. The van der Waals surface area contributed by atoms with Gasteiger partial charge in [0.15, 0.2) is 0 Å². The number of ether oxygens (including phenoxy) is 1. The molecule has 0 spiro atoms. The van der Waals surface area contributed by atoms with Crippen molar-refractivity contribution in [3.8, 4) is 0 Å². The lowest BCUT2D eigenvalue weighted by atomic mass is 9.98. The molecule has 0 saturated carbocycles. The van der Waals surface area contributed by atoms with Gasteiger partial charge in [0, 0.05) is 45.0 Å². The Morgan fingerprint density at radius 1 is 1.32 bits per heavy atom. The van der Waals surface area contributed by atoms with Crippen molar-refractivity contribution in [1.82, 2.24) is 24.9 Å². The number of rotatable bonds is 6. The predicted octanol–water partition coefficient (Wildman–Crippen LogP) is 2.59. The lowest BCUT2D eigenvalue weighted by Crippen LogP contribution is -2.35. The van der Waals surface area contributed by atoms with E-state index < -0.39 is 0 Å². The van der Waals surface area contributed by atoms with Crippen LogP contribution in [0.3, 0.4) is 0 Å². The molecule has 0 fully saturated rings. The van der Waals surface area contributed by atoms with Crippen LogP contribution in [0.25, 0.3) is 0 Å². The molecule has 0 aromatic carbocycles. The van der Waals surface area contributed by atoms with E-state index in [0.29, 0.717) is 13.2 Å². The molecule has 0 bridgehead atoms. The van der Waals surface area contributed by atoms with Crippen molar-refractivity contribution in [2.75, 3.05) is 13.2 Å². The first-order chi connectivity index (χ1) is 12.3. The molecule has 3 aromatic heterocycles. The molecular weight excluding hydrogens is 334 g/mol. The van der Waals surface area contributed by atoms with Gasteiger partial charge in [-0.05, 0) is 34.0 Å². The van der Waals surface area contributed by atoms with E-state index in [1.165, 1.54) is 11.3 Å². The van der Waals surface area contributed by atoms with Gasteiger partial charge in [-0.1, -0.05) is 11.3 Å². The second-order valence-corrected chi connectivity index (χ2v) is 7.20. The Labute approximate surface area is 151 Å². The first kappa shape index (κ1) is 16.4. The molecular formula is C18H21N5OS. The van der Waals surface area contributed by atoms with Crippen LogP contribution in [0, 0.1) is 0 Å². The summed E-state index contributed by atoms with van der Waals surface area (Å²) in [6, 6.07) is 6.16. The Balaban J connectivity index is 1.44. The summed E-state index contributed by atoms with van der Waals surface area (Å²) in [7, 11) is 1.97.